The van der Waals surface area contributed by atoms with Crippen LogP contribution in [-0.4, -0.2) is 50.2 Å². The van der Waals surface area contributed by atoms with Gasteiger partial charge in [0.05, 0.1) is 21.3 Å². The first kappa shape index (κ1) is 20.8. The normalized spacial score (nSPS) is 14.9. The van der Waals surface area contributed by atoms with Crippen LogP contribution in [0.5, 0.6) is 17.2 Å². The van der Waals surface area contributed by atoms with Gasteiger partial charge in [-0.05, 0) is 66.3 Å². The summed E-state index contributed by atoms with van der Waals surface area (Å²) in [6.07, 6.45) is 7.42. The van der Waals surface area contributed by atoms with Crippen LogP contribution in [0.2, 0.25) is 0 Å². The number of hydrogen-bond donors (Lipinski definition) is 1. The van der Waals surface area contributed by atoms with Crippen LogP contribution in [0.25, 0.3) is 17.0 Å². The maximum atomic E-state index is 12.7. The van der Waals surface area contributed by atoms with Crippen molar-refractivity contribution < 1.29 is 19.0 Å². The number of likely N-dealkylation sites (tertiary alicyclic amines) is 1. The minimum atomic E-state index is 0.0285. The smallest absolute Gasteiger partial charge is 0.246 e. The molecule has 2 aromatic carbocycles. The van der Waals surface area contributed by atoms with Crippen molar-refractivity contribution in [2.24, 2.45) is 0 Å². The van der Waals surface area contributed by atoms with Crippen LogP contribution in [0.3, 0.4) is 0 Å². The third-order valence-electron chi connectivity index (χ3n) is 5.96. The molecule has 2 heterocycles. The van der Waals surface area contributed by atoms with E-state index in [1.165, 1.54) is 10.9 Å². The quantitative estimate of drug-likeness (QED) is 0.592. The van der Waals surface area contributed by atoms with E-state index in [0.29, 0.717) is 17.4 Å². The summed E-state index contributed by atoms with van der Waals surface area (Å²) in [5.74, 6) is 2.71. The monoisotopic (exact) mass is 420 g/mol. The summed E-state index contributed by atoms with van der Waals surface area (Å²) >= 11 is 0. The number of ether oxygens (including phenoxy) is 3. The Labute approximate surface area is 182 Å². The molecule has 1 saturated heterocycles. The number of amides is 1. The number of benzene rings is 2. The van der Waals surface area contributed by atoms with Crippen molar-refractivity contribution in [1.29, 1.82) is 0 Å². The van der Waals surface area contributed by atoms with Gasteiger partial charge < -0.3 is 24.1 Å². The highest BCUT2D eigenvalue weighted by molar-refractivity contribution is 5.92. The number of nitrogens with zero attached hydrogens (tertiary/aromatic N) is 1. The molecule has 0 aliphatic carbocycles. The van der Waals surface area contributed by atoms with Gasteiger partial charge in [-0.3, -0.25) is 4.79 Å². The summed E-state index contributed by atoms with van der Waals surface area (Å²) in [7, 11) is 4.91. The van der Waals surface area contributed by atoms with Gasteiger partial charge >= 0.3 is 0 Å². The van der Waals surface area contributed by atoms with Crippen LogP contribution in [0.1, 0.15) is 29.9 Å². The maximum absolute atomic E-state index is 12.7. The van der Waals surface area contributed by atoms with E-state index in [0.717, 1.165) is 42.8 Å². The van der Waals surface area contributed by atoms with E-state index in [-0.39, 0.29) is 5.91 Å². The number of hydrogen-bond acceptors (Lipinski definition) is 4. The zero-order chi connectivity index (χ0) is 21.8. The Morgan fingerprint density at radius 3 is 2.29 bits per heavy atom. The molecule has 6 nitrogen and oxygen atoms in total. The lowest BCUT2D eigenvalue weighted by Gasteiger charge is -2.31. The summed E-state index contributed by atoms with van der Waals surface area (Å²) in [6.45, 7) is 1.48. The third-order valence-corrected chi connectivity index (χ3v) is 5.96. The number of piperidine rings is 1. The molecule has 1 fully saturated rings. The number of aromatic amines is 1. The molecular formula is C25H28N2O4. The van der Waals surface area contributed by atoms with E-state index >= 15 is 0 Å². The van der Waals surface area contributed by atoms with Crippen molar-refractivity contribution >= 4 is 22.9 Å². The van der Waals surface area contributed by atoms with Crippen LogP contribution in [0.15, 0.2) is 48.7 Å². The van der Waals surface area contributed by atoms with Crippen molar-refractivity contribution in [3.63, 3.8) is 0 Å². The van der Waals surface area contributed by atoms with E-state index in [4.69, 9.17) is 14.2 Å². The fourth-order valence-electron chi connectivity index (χ4n) is 4.20. The molecule has 0 spiro atoms. The molecule has 1 aliphatic heterocycles. The molecule has 31 heavy (non-hydrogen) atoms. The minimum absolute atomic E-state index is 0.0285. The average Bonchev–Trinajstić information content (AvgIpc) is 3.25. The zero-order valence-electron chi connectivity index (χ0n) is 18.2. The number of methoxy groups -OCH3 is 3. The van der Waals surface area contributed by atoms with Gasteiger partial charge in [-0.1, -0.05) is 0 Å². The number of carbonyl (C=O) groups excluding carboxylic acids is 1. The molecule has 1 N–H and O–H groups in total. The Hall–Kier alpha value is -3.41. The maximum Gasteiger partial charge on any atom is 0.246 e. The van der Waals surface area contributed by atoms with Crippen molar-refractivity contribution in [1.82, 2.24) is 9.88 Å². The summed E-state index contributed by atoms with van der Waals surface area (Å²) in [5.41, 5.74) is 3.29. The van der Waals surface area contributed by atoms with Gasteiger partial charge in [0.2, 0.25) is 5.91 Å². The highest BCUT2D eigenvalue weighted by atomic mass is 16.5. The molecule has 4 rings (SSSR count). The van der Waals surface area contributed by atoms with Gasteiger partial charge in [0.1, 0.15) is 17.2 Å². The number of aromatic nitrogens is 1. The first-order valence-electron chi connectivity index (χ1n) is 10.5. The molecule has 0 saturated carbocycles. The van der Waals surface area contributed by atoms with Gasteiger partial charge in [-0.2, -0.15) is 0 Å². The zero-order valence-corrected chi connectivity index (χ0v) is 18.2. The lowest BCUT2D eigenvalue weighted by molar-refractivity contribution is -0.126. The first-order chi connectivity index (χ1) is 15.1. The number of nitrogens with one attached hydrogen (secondary N) is 1. The van der Waals surface area contributed by atoms with Crippen molar-refractivity contribution in [3.8, 4) is 17.2 Å². The topological polar surface area (TPSA) is 63.8 Å². The lowest BCUT2D eigenvalue weighted by atomic mass is 9.89. The van der Waals surface area contributed by atoms with Crippen LogP contribution >= 0.6 is 0 Å². The largest absolute Gasteiger partial charge is 0.497 e. The predicted octanol–water partition coefficient (Wildman–Crippen LogP) is 4.61. The van der Waals surface area contributed by atoms with Gasteiger partial charge in [0.25, 0.3) is 0 Å². The second-order valence-corrected chi connectivity index (χ2v) is 7.73. The summed E-state index contributed by atoms with van der Waals surface area (Å²) in [4.78, 5) is 18.0. The Morgan fingerprint density at radius 2 is 1.65 bits per heavy atom. The van der Waals surface area contributed by atoms with Crippen LogP contribution in [0, 0.1) is 0 Å². The summed E-state index contributed by atoms with van der Waals surface area (Å²) < 4.78 is 16.0. The van der Waals surface area contributed by atoms with E-state index in [1.807, 2.05) is 35.2 Å². The number of rotatable bonds is 6. The molecule has 0 radical (unpaired) electrons. The minimum Gasteiger partial charge on any atom is -0.497 e. The Kier molecular flexibility index (Phi) is 6.16. The van der Waals surface area contributed by atoms with Gasteiger partial charge in [0.15, 0.2) is 0 Å². The lowest BCUT2D eigenvalue weighted by Crippen LogP contribution is -2.36. The van der Waals surface area contributed by atoms with E-state index < -0.39 is 0 Å². The molecule has 0 atom stereocenters. The van der Waals surface area contributed by atoms with Crippen LogP contribution in [-0.2, 0) is 4.79 Å². The first-order valence-corrected chi connectivity index (χ1v) is 10.5. The van der Waals surface area contributed by atoms with Gasteiger partial charge in [-0.15, -0.1) is 0 Å². The van der Waals surface area contributed by atoms with Gasteiger partial charge in [0, 0.05) is 42.3 Å². The van der Waals surface area contributed by atoms with Crippen LogP contribution in [0.4, 0.5) is 0 Å². The molecule has 1 aliphatic rings. The summed E-state index contributed by atoms with van der Waals surface area (Å²) in [5, 5.41) is 1.20. The second kappa shape index (κ2) is 9.16. The molecule has 0 unspecified atom stereocenters. The Morgan fingerprint density at radius 1 is 0.968 bits per heavy atom. The Bertz CT molecular complexity index is 1070. The van der Waals surface area contributed by atoms with Gasteiger partial charge in [-0.25, -0.2) is 0 Å². The van der Waals surface area contributed by atoms with E-state index in [9.17, 15) is 4.79 Å². The highest BCUT2D eigenvalue weighted by Gasteiger charge is 2.24. The van der Waals surface area contributed by atoms with Crippen molar-refractivity contribution in [2.45, 2.75) is 18.8 Å². The standard InChI is InChI=1S/C25H28N2O4/c1-29-19-5-6-24-22(15-19)23(16-26-24)18-8-10-27(11-9-18)25(28)7-4-17-12-20(30-2)14-21(13-17)31-3/h4-7,12-16,18,26H,8-11H2,1-3H3/b7-4+. The molecule has 0 bridgehead atoms. The average molecular weight is 421 g/mol. The molecule has 3 aromatic rings. The Balaban J connectivity index is 1.41. The number of carbonyl (C=O) groups is 1. The van der Waals surface area contributed by atoms with E-state index in [1.54, 1.807) is 27.4 Å². The van der Waals surface area contributed by atoms with Crippen molar-refractivity contribution in [3.05, 3.63) is 59.8 Å². The molecule has 162 valence electrons. The highest BCUT2D eigenvalue weighted by Crippen LogP contribution is 2.34. The summed E-state index contributed by atoms with van der Waals surface area (Å²) in [6, 6.07) is 11.7. The third kappa shape index (κ3) is 4.53. The molecule has 6 heteroatoms. The molecule has 1 aromatic heterocycles. The number of fused-ring (bicyclic) bond motifs is 1. The van der Waals surface area contributed by atoms with Crippen LogP contribution < -0.4 is 14.2 Å². The second-order valence-electron chi connectivity index (χ2n) is 7.73. The molecule has 1 amide bonds. The number of H-pyrrole nitrogens is 1. The fourth-order valence-corrected chi connectivity index (χ4v) is 4.20. The molecular weight excluding hydrogens is 392 g/mol. The van der Waals surface area contributed by atoms with E-state index in [2.05, 4.69) is 23.3 Å². The SMILES string of the molecule is COc1cc(/C=C/C(=O)N2CCC(c3c[nH]c4ccc(OC)cc34)CC2)cc(OC)c1. The predicted molar refractivity (Wildman–Crippen MR) is 122 cm³/mol. The van der Waals surface area contributed by atoms with Crippen molar-refractivity contribution in [2.75, 3.05) is 34.4 Å². The fraction of sp³-hybridized carbons (Fsp3) is 0.320.